The van der Waals surface area contributed by atoms with Gasteiger partial charge in [0.05, 0.1) is 6.61 Å². The number of esters is 1. The van der Waals surface area contributed by atoms with Crippen LogP contribution in [0.25, 0.3) is 0 Å². The standard InChI is InChI=1S/C6H11O6P/c1-3-6(7)12-5(2)4-11-13(8,9)10/h3,5H,1,4H2,2H3,(H2,8,9,10). The Morgan fingerprint density at radius 3 is 2.62 bits per heavy atom. The fourth-order valence-electron chi connectivity index (χ4n) is 0.482. The smallest absolute Gasteiger partial charge is 0.457 e. The lowest BCUT2D eigenvalue weighted by Crippen LogP contribution is -2.18. The van der Waals surface area contributed by atoms with Crippen LogP contribution in [-0.2, 0) is 18.6 Å². The first kappa shape index (κ1) is 12.3. The highest BCUT2D eigenvalue weighted by atomic mass is 31.2. The molecule has 0 aromatic rings. The first-order valence-electron chi connectivity index (χ1n) is 3.38. The van der Waals surface area contributed by atoms with Crippen LogP contribution in [0, 0.1) is 0 Å². The van der Waals surface area contributed by atoms with Gasteiger partial charge in [-0.05, 0) is 6.92 Å². The van der Waals surface area contributed by atoms with Gasteiger partial charge in [-0.2, -0.15) is 0 Å². The number of carbonyl (C=O) groups excluding carboxylic acids is 1. The summed E-state index contributed by atoms with van der Waals surface area (Å²) in [6, 6.07) is 0. The molecule has 0 amide bonds. The van der Waals surface area contributed by atoms with Crippen LogP contribution in [0.5, 0.6) is 0 Å². The molecule has 13 heavy (non-hydrogen) atoms. The Balaban J connectivity index is 3.76. The molecule has 0 radical (unpaired) electrons. The van der Waals surface area contributed by atoms with Crippen LogP contribution < -0.4 is 0 Å². The molecule has 0 heterocycles. The molecule has 6 nitrogen and oxygen atoms in total. The van der Waals surface area contributed by atoms with Crippen LogP contribution >= 0.6 is 7.82 Å². The highest BCUT2D eigenvalue weighted by molar-refractivity contribution is 7.46. The summed E-state index contributed by atoms with van der Waals surface area (Å²) in [4.78, 5) is 27.1. The first-order chi connectivity index (χ1) is 5.85. The zero-order chi connectivity index (χ0) is 10.5. The number of carbonyl (C=O) groups is 1. The Bertz CT molecular complexity index is 231. The molecule has 1 unspecified atom stereocenters. The van der Waals surface area contributed by atoms with Crippen molar-refractivity contribution in [3.8, 4) is 0 Å². The van der Waals surface area contributed by atoms with Crippen LogP contribution in [0.15, 0.2) is 12.7 Å². The van der Waals surface area contributed by atoms with Gasteiger partial charge in [0.25, 0.3) is 0 Å². The van der Waals surface area contributed by atoms with Gasteiger partial charge in [0.15, 0.2) is 0 Å². The Kier molecular flexibility index (Phi) is 4.87. The van der Waals surface area contributed by atoms with Crippen molar-refractivity contribution in [1.82, 2.24) is 0 Å². The molecule has 2 N–H and O–H groups in total. The third kappa shape index (κ3) is 7.67. The van der Waals surface area contributed by atoms with Crippen LogP contribution in [0.1, 0.15) is 6.92 Å². The predicted octanol–water partition coefficient (Wildman–Crippen LogP) is 0.213. The summed E-state index contributed by atoms with van der Waals surface area (Å²) in [7, 11) is -4.49. The summed E-state index contributed by atoms with van der Waals surface area (Å²) in [5, 5.41) is 0. The summed E-state index contributed by atoms with van der Waals surface area (Å²) < 4.78 is 18.9. The minimum atomic E-state index is -4.49. The third-order valence-corrected chi connectivity index (χ3v) is 1.45. The van der Waals surface area contributed by atoms with Crippen LogP contribution in [0.2, 0.25) is 0 Å². The predicted molar refractivity (Wildman–Crippen MR) is 43.7 cm³/mol. The second-order valence-corrected chi connectivity index (χ2v) is 3.48. The molecule has 0 aliphatic heterocycles. The highest BCUT2D eigenvalue weighted by Crippen LogP contribution is 2.35. The minimum absolute atomic E-state index is 0.357. The number of phosphoric ester groups is 1. The normalized spacial score (nSPS) is 13.5. The van der Waals surface area contributed by atoms with E-state index in [1.807, 2.05) is 0 Å². The third-order valence-electron chi connectivity index (χ3n) is 0.961. The first-order valence-corrected chi connectivity index (χ1v) is 4.91. The van der Waals surface area contributed by atoms with E-state index in [1.165, 1.54) is 6.92 Å². The SMILES string of the molecule is C=CC(=O)OC(C)COP(=O)(O)O. The quantitative estimate of drug-likeness (QED) is 0.383. The maximum Gasteiger partial charge on any atom is 0.469 e. The number of hydrogen-bond acceptors (Lipinski definition) is 4. The van der Waals surface area contributed by atoms with Gasteiger partial charge in [-0.25, -0.2) is 9.36 Å². The molecule has 0 bridgehead atoms. The van der Waals surface area contributed by atoms with Crippen LogP contribution in [-0.4, -0.2) is 28.5 Å². The Morgan fingerprint density at radius 2 is 2.23 bits per heavy atom. The van der Waals surface area contributed by atoms with E-state index in [4.69, 9.17) is 9.79 Å². The van der Waals surface area contributed by atoms with Gasteiger partial charge in [0, 0.05) is 6.08 Å². The average Bonchev–Trinajstić information content (AvgIpc) is 1.99. The fourth-order valence-corrected chi connectivity index (χ4v) is 0.887. The molecule has 0 spiro atoms. The van der Waals surface area contributed by atoms with Crippen LogP contribution in [0.4, 0.5) is 0 Å². The van der Waals surface area contributed by atoms with Gasteiger partial charge in [-0.1, -0.05) is 6.58 Å². The van der Waals surface area contributed by atoms with E-state index in [0.29, 0.717) is 0 Å². The summed E-state index contributed by atoms with van der Waals surface area (Å²) in [6.45, 7) is 4.24. The van der Waals surface area contributed by atoms with Gasteiger partial charge in [-0.3, -0.25) is 4.52 Å². The largest absolute Gasteiger partial charge is 0.469 e. The molecular weight excluding hydrogens is 199 g/mol. The molecule has 0 aromatic carbocycles. The lowest BCUT2D eigenvalue weighted by Gasteiger charge is -2.12. The van der Waals surface area contributed by atoms with E-state index < -0.39 is 19.9 Å². The summed E-state index contributed by atoms with van der Waals surface area (Å²) >= 11 is 0. The van der Waals surface area contributed by atoms with Gasteiger partial charge in [-0.15, -0.1) is 0 Å². The summed E-state index contributed by atoms with van der Waals surface area (Å²) in [6.07, 6.45) is 0.228. The number of ether oxygens (including phenoxy) is 1. The van der Waals surface area contributed by atoms with Crippen molar-refractivity contribution in [3.05, 3.63) is 12.7 Å². The second-order valence-electron chi connectivity index (χ2n) is 2.24. The summed E-state index contributed by atoms with van der Waals surface area (Å²) in [5.74, 6) is -0.665. The number of rotatable bonds is 5. The van der Waals surface area contributed by atoms with Crippen molar-refractivity contribution >= 4 is 13.8 Å². The minimum Gasteiger partial charge on any atom is -0.457 e. The van der Waals surface area contributed by atoms with Crippen molar-refractivity contribution < 1.29 is 28.4 Å². The maximum absolute atomic E-state index is 10.6. The summed E-state index contributed by atoms with van der Waals surface area (Å²) in [5.41, 5.74) is 0. The Hall–Kier alpha value is -0.680. The molecule has 0 saturated heterocycles. The molecule has 0 aliphatic rings. The van der Waals surface area contributed by atoms with Gasteiger partial charge < -0.3 is 14.5 Å². The molecular formula is C6H11O6P. The van der Waals surface area contributed by atoms with Crippen molar-refractivity contribution in [1.29, 1.82) is 0 Å². The van der Waals surface area contributed by atoms with Crippen molar-refractivity contribution in [2.24, 2.45) is 0 Å². The molecule has 7 heteroatoms. The van der Waals surface area contributed by atoms with Crippen molar-refractivity contribution in [3.63, 3.8) is 0 Å². The van der Waals surface area contributed by atoms with E-state index in [1.54, 1.807) is 0 Å². The van der Waals surface area contributed by atoms with E-state index in [-0.39, 0.29) is 6.61 Å². The van der Waals surface area contributed by atoms with Crippen molar-refractivity contribution in [2.45, 2.75) is 13.0 Å². The molecule has 0 rings (SSSR count). The van der Waals surface area contributed by atoms with Crippen molar-refractivity contribution in [2.75, 3.05) is 6.61 Å². The lowest BCUT2D eigenvalue weighted by atomic mass is 10.4. The molecule has 0 aliphatic carbocycles. The maximum atomic E-state index is 10.6. The van der Waals surface area contributed by atoms with E-state index in [9.17, 15) is 9.36 Å². The zero-order valence-corrected chi connectivity index (χ0v) is 7.94. The highest BCUT2D eigenvalue weighted by Gasteiger charge is 2.17. The average molecular weight is 210 g/mol. The van der Waals surface area contributed by atoms with Gasteiger partial charge >= 0.3 is 13.8 Å². The lowest BCUT2D eigenvalue weighted by molar-refractivity contribution is -0.143. The van der Waals surface area contributed by atoms with Gasteiger partial charge in [0.2, 0.25) is 0 Å². The van der Waals surface area contributed by atoms with E-state index >= 15 is 0 Å². The second kappa shape index (κ2) is 5.14. The number of hydrogen-bond donors (Lipinski definition) is 2. The fraction of sp³-hybridized carbons (Fsp3) is 0.500. The zero-order valence-electron chi connectivity index (χ0n) is 7.04. The molecule has 0 saturated carbocycles. The van der Waals surface area contributed by atoms with E-state index in [2.05, 4.69) is 15.8 Å². The van der Waals surface area contributed by atoms with E-state index in [0.717, 1.165) is 6.08 Å². The van der Waals surface area contributed by atoms with Crippen LogP contribution in [0.3, 0.4) is 0 Å². The number of phosphoric acid groups is 1. The molecule has 1 atom stereocenters. The Morgan fingerprint density at radius 1 is 1.69 bits per heavy atom. The monoisotopic (exact) mass is 210 g/mol. The molecule has 76 valence electrons. The van der Waals surface area contributed by atoms with Gasteiger partial charge in [0.1, 0.15) is 6.10 Å². The Labute approximate surface area is 75.4 Å². The molecule has 0 aromatic heterocycles. The topological polar surface area (TPSA) is 93.1 Å². The molecule has 0 fully saturated rings.